The quantitative estimate of drug-likeness (QED) is 0.918. The summed E-state index contributed by atoms with van der Waals surface area (Å²) in [5.74, 6) is 0.908. The molecule has 1 aliphatic rings. The highest BCUT2D eigenvalue weighted by Gasteiger charge is 2.13. The zero-order valence-corrected chi connectivity index (χ0v) is 14.0. The second kappa shape index (κ2) is 6.75. The molecular formula is C15H22BrN5. The number of likely N-dealkylation sites (tertiary alicyclic amines) is 1. The molecule has 1 N–H and O–H groups in total. The van der Waals surface area contributed by atoms with E-state index in [9.17, 15) is 0 Å². The van der Waals surface area contributed by atoms with E-state index in [0.29, 0.717) is 6.04 Å². The first-order valence-corrected chi connectivity index (χ1v) is 8.50. The molecule has 0 radical (unpaired) electrons. The van der Waals surface area contributed by atoms with E-state index >= 15 is 0 Å². The van der Waals surface area contributed by atoms with Gasteiger partial charge in [0.1, 0.15) is 5.82 Å². The van der Waals surface area contributed by atoms with Crippen molar-refractivity contribution >= 4 is 27.4 Å². The van der Waals surface area contributed by atoms with E-state index in [-0.39, 0.29) is 0 Å². The minimum atomic E-state index is 0.389. The molecule has 2 aromatic rings. The van der Waals surface area contributed by atoms with E-state index in [4.69, 9.17) is 0 Å². The molecule has 0 amide bonds. The SMILES string of the molecule is CC(CN1CCCCCC1)Nc1ccn2ncc(Br)c2n1. The molecule has 1 fully saturated rings. The van der Waals surface area contributed by atoms with Crippen LogP contribution in [-0.2, 0) is 0 Å². The van der Waals surface area contributed by atoms with Crippen LogP contribution in [0.3, 0.4) is 0 Å². The first-order valence-electron chi connectivity index (χ1n) is 7.71. The van der Waals surface area contributed by atoms with Crippen molar-refractivity contribution in [3.05, 3.63) is 22.9 Å². The van der Waals surface area contributed by atoms with Crippen molar-refractivity contribution in [2.45, 2.75) is 38.6 Å². The molecule has 0 bridgehead atoms. The number of aromatic nitrogens is 3. The topological polar surface area (TPSA) is 45.5 Å². The van der Waals surface area contributed by atoms with Crippen LogP contribution in [0.4, 0.5) is 5.82 Å². The molecule has 0 aliphatic carbocycles. The van der Waals surface area contributed by atoms with E-state index in [1.165, 1.54) is 38.8 Å². The summed E-state index contributed by atoms with van der Waals surface area (Å²) in [5.41, 5.74) is 0.849. The van der Waals surface area contributed by atoms with Crippen molar-refractivity contribution in [3.8, 4) is 0 Å². The zero-order valence-electron chi connectivity index (χ0n) is 12.4. The van der Waals surface area contributed by atoms with Gasteiger partial charge in [-0.3, -0.25) is 0 Å². The van der Waals surface area contributed by atoms with E-state index in [2.05, 4.69) is 43.2 Å². The average Bonchev–Trinajstić information content (AvgIpc) is 2.68. The number of hydrogen-bond donors (Lipinski definition) is 1. The Morgan fingerprint density at radius 3 is 2.81 bits per heavy atom. The fourth-order valence-corrected chi connectivity index (χ4v) is 3.29. The Labute approximate surface area is 133 Å². The highest BCUT2D eigenvalue weighted by molar-refractivity contribution is 9.10. The molecule has 114 valence electrons. The van der Waals surface area contributed by atoms with Crippen molar-refractivity contribution in [2.24, 2.45) is 0 Å². The van der Waals surface area contributed by atoms with Crippen LogP contribution >= 0.6 is 15.9 Å². The number of halogens is 1. The van der Waals surface area contributed by atoms with Crippen molar-refractivity contribution in [1.29, 1.82) is 0 Å². The zero-order chi connectivity index (χ0) is 14.7. The minimum Gasteiger partial charge on any atom is -0.366 e. The van der Waals surface area contributed by atoms with Gasteiger partial charge in [0.05, 0.1) is 10.7 Å². The van der Waals surface area contributed by atoms with Crippen LogP contribution < -0.4 is 5.32 Å². The van der Waals surface area contributed by atoms with Gasteiger partial charge in [0, 0.05) is 18.8 Å². The van der Waals surface area contributed by atoms with E-state index in [1.54, 1.807) is 10.7 Å². The Hall–Kier alpha value is -1.14. The maximum atomic E-state index is 4.61. The smallest absolute Gasteiger partial charge is 0.171 e. The molecule has 1 saturated heterocycles. The standard InChI is InChI=1S/C15H22BrN5/c1-12(11-20-7-4-2-3-5-8-20)18-14-6-9-21-15(19-14)13(16)10-17-21/h6,9-10,12H,2-5,7-8,11H2,1H3,(H,18,19). The number of hydrogen-bond acceptors (Lipinski definition) is 4. The van der Waals surface area contributed by atoms with Crippen LogP contribution in [0.5, 0.6) is 0 Å². The van der Waals surface area contributed by atoms with Gasteiger partial charge >= 0.3 is 0 Å². The van der Waals surface area contributed by atoms with Crippen molar-refractivity contribution in [1.82, 2.24) is 19.5 Å². The lowest BCUT2D eigenvalue weighted by atomic mass is 10.2. The number of nitrogens with one attached hydrogen (secondary N) is 1. The van der Waals surface area contributed by atoms with E-state index in [0.717, 1.165) is 22.5 Å². The predicted molar refractivity (Wildman–Crippen MR) is 88.7 cm³/mol. The second-order valence-electron chi connectivity index (χ2n) is 5.83. The highest BCUT2D eigenvalue weighted by atomic mass is 79.9. The van der Waals surface area contributed by atoms with Crippen molar-refractivity contribution < 1.29 is 0 Å². The summed E-state index contributed by atoms with van der Waals surface area (Å²) in [6, 6.07) is 2.37. The van der Waals surface area contributed by atoms with E-state index in [1.807, 2.05) is 12.3 Å². The van der Waals surface area contributed by atoms with Gasteiger partial charge in [-0.05, 0) is 54.9 Å². The molecule has 6 heteroatoms. The number of rotatable bonds is 4. The predicted octanol–water partition coefficient (Wildman–Crippen LogP) is 3.17. The average molecular weight is 352 g/mol. The molecule has 1 unspecified atom stereocenters. The van der Waals surface area contributed by atoms with Crippen LogP contribution in [-0.4, -0.2) is 45.2 Å². The molecule has 2 aromatic heterocycles. The van der Waals surface area contributed by atoms with Crippen LogP contribution in [0.25, 0.3) is 5.65 Å². The molecule has 0 aromatic carbocycles. The first-order chi connectivity index (χ1) is 10.2. The third-order valence-corrected chi connectivity index (χ3v) is 4.51. The third kappa shape index (κ3) is 3.74. The Bertz CT molecular complexity index is 589. The summed E-state index contributed by atoms with van der Waals surface area (Å²) < 4.78 is 2.70. The number of anilines is 1. The number of nitrogens with zero attached hydrogens (tertiary/aromatic N) is 4. The molecule has 21 heavy (non-hydrogen) atoms. The van der Waals surface area contributed by atoms with Crippen molar-refractivity contribution in [2.75, 3.05) is 25.0 Å². The van der Waals surface area contributed by atoms with E-state index < -0.39 is 0 Å². The van der Waals surface area contributed by atoms with Gasteiger partial charge in [-0.25, -0.2) is 9.50 Å². The van der Waals surface area contributed by atoms with Gasteiger partial charge in [0.2, 0.25) is 0 Å². The molecule has 3 heterocycles. The third-order valence-electron chi connectivity index (χ3n) is 3.95. The summed E-state index contributed by atoms with van der Waals surface area (Å²) in [4.78, 5) is 7.18. The van der Waals surface area contributed by atoms with Gasteiger partial charge in [0.15, 0.2) is 5.65 Å². The normalized spacial score (nSPS) is 18.6. The lowest BCUT2D eigenvalue weighted by Crippen LogP contribution is -2.35. The summed E-state index contributed by atoms with van der Waals surface area (Å²) in [6.45, 7) is 5.76. The Morgan fingerprint density at radius 1 is 1.29 bits per heavy atom. The molecule has 3 rings (SSSR count). The maximum absolute atomic E-state index is 4.61. The van der Waals surface area contributed by atoms with Crippen molar-refractivity contribution in [3.63, 3.8) is 0 Å². The van der Waals surface area contributed by atoms with Crippen LogP contribution in [0.15, 0.2) is 22.9 Å². The molecule has 5 nitrogen and oxygen atoms in total. The summed E-state index contributed by atoms with van der Waals surface area (Å²) in [5, 5.41) is 7.72. The fourth-order valence-electron chi connectivity index (χ4n) is 2.93. The molecular weight excluding hydrogens is 330 g/mol. The van der Waals surface area contributed by atoms with Gasteiger partial charge in [0.25, 0.3) is 0 Å². The lowest BCUT2D eigenvalue weighted by Gasteiger charge is -2.24. The fraction of sp³-hybridized carbons (Fsp3) is 0.600. The first kappa shape index (κ1) is 14.8. The summed E-state index contributed by atoms with van der Waals surface area (Å²) in [7, 11) is 0. The molecule has 1 aliphatic heterocycles. The van der Waals surface area contributed by atoms with Gasteiger partial charge < -0.3 is 10.2 Å². The molecule has 0 spiro atoms. The minimum absolute atomic E-state index is 0.389. The monoisotopic (exact) mass is 351 g/mol. The highest BCUT2D eigenvalue weighted by Crippen LogP contribution is 2.17. The second-order valence-corrected chi connectivity index (χ2v) is 6.69. The Kier molecular flexibility index (Phi) is 4.75. The lowest BCUT2D eigenvalue weighted by molar-refractivity contribution is 0.277. The summed E-state index contributed by atoms with van der Waals surface area (Å²) >= 11 is 3.47. The number of fused-ring (bicyclic) bond motifs is 1. The molecule has 1 atom stereocenters. The van der Waals surface area contributed by atoms with Gasteiger partial charge in [-0.2, -0.15) is 5.10 Å². The maximum Gasteiger partial charge on any atom is 0.171 e. The Morgan fingerprint density at radius 2 is 2.05 bits per heavy atom. The van der Waals surface area contributed by atoms with Gasteiger partial charge in [-0.1, -0.05) is 12.8 Å². The summed E-state index contributed by atoms with van der Waals surface area (Å²) in [6.07, 6.45) is 9.14. The van der Waals surface area contributed by atoms with Crippen LogP contribution in [0, 0.1) is 0 Å². The van der Waals surface area contributed by atoms with Gasteiger partial charge in [-0.15, -0.1) is 0 Å². The van der Waals surface area contributed by atoms with Crippen LogP contribution in [0.2, 0.25) is 0 Å². The Balaban J connectivity index is 1.62. The van der Waals surface area contributed by atoms with Crippen LogP contribution in [0.1, 0.15) is 32.6 Å². The largest absolute Gasteiger partial charge is 0.366 e. The molecule has 0 saturated carbocycles.